The van der Waals surface area contributed by atoms with Crippen LogP contribution in [0, 0.1) is 0 Å². The smallest absolute Gasteiger partial charge is 0.317 e. The summed E-state index contributed by atoms with van der Waals surface area (Å²) in [6.07, 6.45) is 1.70. The Morgan fingerprint density at radius 1 is 0.700 bits per heavy atom. The van der Waals surface area contributed by atoms with Crippen molar-refractivity contribution in [1.29, 1.82) is 0 Å². The molecule has 0 N–H and O–H groups in total. The molecule has 0 radical (unpaired) electrons. The number of aromatic nitrogens is 2. The van der Waals surface area contributed by atoms with Gasteiger partial charge in [-0.05, 0) is 42.0 Å². The highest BCUT2D eigenvalue weighted by atomic mass is 35.5. The lowest BCUT2D eigenvalue weighted by molar-refractivity contribution is 0.281. The molecule has 0 aliphatic rings. The first-order valence-electron chi connectivity index (χ1n) is 8.95. The number of ether oxygens (including phenoxy) is 1. The van der Waals surface area contributed by atoms with Gasteiger partial charge in [0.15, 0.2) is 0 Å². The van der Waals surface area contributed by atoms with Gasteiger partial charge in [0.1, 0.15) is 6.61 Å². The van der Waals surface area contributed by atoms with Gasteiger partial charge < -0.3 is 4.74 Å². The van der Waals surface area contributed by atoms with Crippen LogP contribution >= 0.6 is 46.4 Å². The van der Waals surface area contributed by atoms with Gasteiger partial charge in [-0.15, -0.1) is 0 Å². The maximum Gasteiger partial charge on any atom is 0.317 e. The molecular formula is C23H14Cl4N2O. The minimum absolute atomic E-state index is 0.253. The lowest BCUT2D eigenvalue weighted by Crippen LogP contribution is -2.01. The van der Waals surface area contributed by atoms with Crippen molar-refractivity contribution in [3.05, 3.63) is 98.6 Å². The first-order chi connectivity index (χ1) is 14.5. The van der Waals surface area contributed by atoms with Crippen molar-refractivity contribution < 1.29 is 4.74 Å². The molecule has 0 unspecified atom stereocenters. The number of nitrogens with zero attached hydrogens (tertiary/aromatic N) is 2. The average Bonchev–Trinajstić information content (AvgIpc) is 2.74. The summed E-state index contributed by atoms with van der Waals surface area (Å²) in [7, 11) is 0. The molecule has 3 nitrogen and oxygen atoms in total. The normalized spacial score (nSPS) is 10.8. The summed E-state index contributed by atoms with van der Waals surface area (Å²) in [6, 6.07) is 20.4. The molecule has 0 atom stereocenters. The molecule has 7 heteroatoms. The van der Waals surface area contributed by atoms with Crippen LogP contribution in [0.1, 0.15) is 5.56 Å². The molecular weight excluding hydrogens is 462 g/mol. The SMILES string of the molecule is Clc1ccc(COc2ncc(-c3ccc(Cl)cc3Cl)c(-c3ccc(Cl)cc3)n2)cc1. The molecule has 0 saturated carbocycles. The minimum Gasteiger partial charge on any atom is -0.459 e. The standard InChI is InChI=1S/C23H14Cl4N2O/c24-16-5-1-14(2-6-16)13-30-23-28-12-20(19-10-9-18(26)11-21(19)27)22(29-23)15-3-7-17(25)8-4-15/h1-12H,13H2. The van der Waals surface area contributed by atoms with Gasteiger partial charge in [-0.1, -0.05) is 76.7 Å². The molecule has 3 aromatic carbocycles. The largest absolute Gasteiger partial charge is 0.459 e. The lowest BCUT2D eigenvalue weighted by Gasteiger charge is -2.13. The number of rotatable bonds is 5. The van der Waals surface area contributed by atoms with Crippen molar-refractivity contribution in [3.8, 4) is 28.4 Å². The van der Waals surface area contributed by atoms with Crippen LogP contribution in [0.25, 0.3) is 22.4 Å². The molecule has 1 heterocycles. The number of hydrogen-bond donors (Lipinski definition) is 0. The van der Waals surface area contributed by atoms with E-state index in [1.807, 2.05) is 42.5 Å². The topological polar surface area (TPSA) is 35.0 Å². The highest BCUT2D eigenvalue weighted by Gasteiger charge is 2.15. The summed E-state index contributed by atoms with van der Waals surface area (Å²) in [5, 5.41) is 2.37. The number of benzene rings is 3. The van der Waals surface area contributed by atoms with Crippen LogP contribution in [-0.4, -0.2) is 9.97 Å². The summed E-state index contributed by atoms with van der Waals surface area (Å²) in [6.45, 7) is 0.318. The van der Waals surface area contributed by atoms with Crippen molar-refractivity contribution >= 4 is 46.4 Å². The molecule has 0 spiro atoms. The third-order valence-corrected chi connectivity index (χ3v) is 5.44. The average molecular weight is 476 g/mol. The predicted octanol–water partition coefficient (Wildman–Crippen LogP) is 8.00. The van der Waals surface area contributed by atoms with E-state index < -0.39 is 0 Å². The monoisotopic (exact) mass is 474 g/mol. The van der Waals surface area contributed by atoms with Crippen molar-refractivity contribution in [2.75, 3.05) is 0 Å². The van der Waals surface area contributed by atoms with Gasteiger partial charge in [-0.2, -0.15) is 4.98 Å². The van der Waals surface area contributed by atoms with Crippen molar-refractivity contribution in [3.63, 3.8) is 0 Å². The van der Waals surface area contributed by atoms with E-state index in [4.69, 9.17) is 51.1 Å². The Hall–Kier alpha value is -2.30. The Kier molecular flexibility index (Phi) is 6.45. The first kappa shape index (κ1) is 21.0. The van der Waals surface area contributed by atoms with Crippen molar-refractivity contribution in [2.45, 2.75) is 6.61 Å². The van der Waals surface area contributed by atoms with Crippen LogP contribution in [0.15, 0.2) is 72.9 Å². The van der Waals surface area contributed by atoms with E-state index in [0.29, 0.717) is 32.4 Å². The van der Waals surface area contributed by atoms with Gasteiger partial charge in [0.05, 0.1) is 10.7 Å². The van der Waals surface area contributed by atoms with E-state index in [1.165, 1.54) is 0 Å². The molecule has 0 bridgehead atoms. The third-order valence-electron chi connectivity index (χ3n) is 4.39. The van der Waals surface area contributed by atoms with Crippen LogP contribution in [0.2, 0.25) is 20.1 Å². The Morgan fingerprint density at radius 3 is 2.00 bits per heavy atom. The molecule has 4 aromatic rings. The van der Waals surface area contributed by atoms with Crippen LogP contribution in [-0.2, 0) is 6.61 Å². The molecule has 0 amide bonds. The van der Waals surface area contributed by atoms with Gasteiger partial charge >= 0.3 is 6.01 Å². The van der Waals surface area contributed by atoms with E-state index in [9.17, 15) is 0 Å². The fraction of sp³-hybridized carbons (Fsp3) is 0.0435. The number of halogens is 4. The zero-order valence-electron chi connectivity index (χ0n) is 15.4. The highest BCUT2D eigenvalue weighted by molar-refractivity contribution is 6.36. The molecule has 0 aliphatic carbocycles. The summed E-state index contributed by atoms with van der Waals surface area (Å²) in [5.74, 6) is 0. The molecule has 1 aromatic heterocycles. The zero-order chi connectivity index (χ0) is 21.1. The van der Waals surface area contributed by atoms with E-state index >= 15 is 0 Å². The quantitative estimate of drug-likeness (QED) is 0.293. The molecule has 4 rings (SSSR count). The Labute approximate surface area is 194 Å². The van der Waals surface area contributed by atoms with Crippen LogP contribution in [0.4, 0.5) is 0 Å². The third kappa shape index (κ3) is 4.88. The van der Waals surface area contributed by atoms with Crippen LogP contribution in [0.5, 0.6) is 6.01 Å². The Morgan fingerprint density at radius 2 is 1.33 bits per heavy atom. The fourth-order valence-electron chi connectivity index (χ4n) is 2.90. The predicted molar refractivity (Wildman–Crippen MR) is 124 cm³/mol. The number of hydrogen-bond acceptors (Lipinski definition) is 3. The summed E-state index contributed by atoms with van der Waals surface area (Å²) in [4.78, 5) is 9.03. The fourth-order valence-corrected chi connectivity index (χ4v) is 3.66. The van der Waals surface area contributed by atoms with E-state index in [0.717, 1.165) is 22.3 Å². The van der Waals surface area contributed by atoms with Crippen LogP contribution in [0.3, 0.4) is 0 Å². The highest BCUT2D eigenvalue weighted by Crippen LogP contribution is 2.36. The molecule has 0 aliphatic heterocycles. The van der Waals surface area contributed by atoms with Crippen molar-refractivity contribution in [2.24, 2.45) is 0 Å². The molecule has 0 fully saturated rings. The van der Waals surface area contributed by atoms with Gasteiger partial charge in [0, 0.05) is 38.0 Å². The van der Waals surface area contributed by atoms with Gasteiger partial charge in [0.25, 0.3) is 0 Å². The minimum atomic E-state index is 0.253. The summed E-state index contributed by atoms with van der Waals surface area (Å²) < 4.78 is 5.81. The second kappa shape index (κ2) is 9.23. The van der Waals surface area contributed by atoms with Crippen LogP contribution < -0.4 is 4.74 Å². The summed E-state index contributed by atoms with van der Waals surface area (Å²) >= 11 is 24.5. The van der Waals surface area contributed by atoms with Gasteiger partial charge in [-0.3, -0.25) is 0 Å². The Balaban J connectivity index is 1.73. The summed E-state index contributed by atoms with van der Waals surface area (Å²) in [5.41, 5.74) is 4.03. The maximum absolute atomic E-state index is 6.44. The maximum atomic E-state index is 6.44. The van der Waals surface area contributed by atoms with E-state index in [-0.39, 0.29) is 6.01 Å². The molecule has 0 saturated heterocycles. The second-order valence-electron chi connectivity index (χ2n) is 6.46. The van der Waals surface area contributed by atoms with Crippen molar-refractivity contribution in [1.82, 2.24) is 9.97 Å². The second-order valence-corrected chi connectivity index (χ2v) is 8.18. The zero-order valence-corrected chi connectivity index (χ0v) is 18.5. The van der Waals surface area contributed by atoms with Gasteiger partial charge in [-0.25, -0.2) is 4.98 Å². The Bertz CT molecular complexity index is 1180. The lowest BCUT2D eigenvalue weighted by atomic mass is 10.0. The molecule has 150 valence electrons. The van der Waals surface area contributed by atoms with Gasteiger partial charge in [0.2, 0.25) is 0 Å². The molecule has 30 heavy (non-hydrogen) atoms. The van der Waals surface area contributed by atoms with E-state index in [2.05, 4.69) is 9.97 Å². The van der Waals surface area contributed by atoms with E-state index in [1.54, 1.807) is 30.5 Å². The first-order valence-corrected chi connectivity index (χ1v) is 10.5.